The summed E-state index contributed by atoms with van der Waals surface area (Å²) in [5.41, 5.74) is 3.09. The van der Waals surface area contributed by atoms with E-state index in [4.69, 9.17) is 0 Å². The van der Waals surface area contributed by atoms with Crippen LogP contribution in [-0.2, 0) is 7.05 Å². The molecule has 2 rings (SSSR count). The average Bonchev–Trinajstić information content (AvgIpc) is 2.72. The van der Waals surface area contributed by atoms with Crippen LogP contribution in [0, 0.1) is 20.8 Å². The lowest BCUT2D eigenvalue weighted by Crippen LogP contribution is -2.17. The second-order valence-corrected chi connectivity index (χ2v) is 5.03. The molecule has 21 heavy (non-hydrogen) atoms. The van der Waals surface area contributed by atoms with Gasteiger partial charge in [-0.05, 0) is 38.0 Å². The van der Waals surface area contributed by atoms with E-state index in [1.54, 1.807) is 31.6 Å². The lowest BCUT2D eigenvalue weighted by atomic mass is 10.0. The van der Waals surface area contributed by atoms with Crippen molar-refractivity contribution in [2.75, 3.05) is 5.32 Å². The summed E-state index contributed by atoms with van der Waals surface area (Å²) in [6, 6.07) is 3.37. The number of carboxylic acids is 1. The first kappa shape index (κ1) is 14.8. The molecular weight excluding hydrogens is 270 g/mol. The van der Waals surface area contributed by atoms with Gasteiger partial charge in [-0.1, -0.05) is 6.07 Å². The lowest BCUT2D eigenvalue weighted by molar-refractivity contribution is 0.0698. The summed E-state index contributed by atoms with van der Waals surface area (Å²) in [6.45, 7) is 5.36. The molecule has 0 saturated carbocycles. The zero-order chi connectivity index (χ0) is 15.7. The van der Waals surface area contributed by atoms with Gasteiger partial charge in [0, 0.05) is 12.7 Å². The van der Waals surface area contributed by atoms with Gasteiger partial charge in [0.25, 0.3) is 5.91 Å². The van der Waals surface area contributed by atoms with Crippen molar-refractivity contribution in [3.63, 3.8) is 0 Å². The van der Waals surface area contributed by atoms with Crippen LogP contribution in [0.5, 0.6) is 0 Å². The first-order valence-corrected chi connectivity index (χ1v) is 6.45. The van der Waals surface area contributed by atoms with Crippen LogP contribution in [0.15, 0.2) is 18.3 Å². The molecule has 1 aromatic carbocycles. The number of amides is 1. The third-order valence-electron chi connectivity index (χ3n) is 3.43. The molecule has 110 valence electrons. The van der Waals surface area contributed by atoms with Crippen LogP contribution in [0.25, 0.3) is 0 Å². The molecule has 1 aromatic heterocycles. The Morgan fingerprint density at radius 1 is 1.19 bits per heavy atom. The normalized spacial score (nSPS) is 10.5. The molecule has 1 heterocycles. The first-order valence-electron chi connectivity index (χ1n) is 6.45. The number of benzene rings is 1. The fourth-order valence-electron chi connectivity index (χ4n) is 2.20. The molecule has 0 unspecified atom stereocenters. The van der Waals surface area contributed by atoms with E-state index in [1.807, 2.05) is 13.0 Å². The van der Waals surface area contributed by atoms with Crippen LogP contribution in [0.3, 0.4) is 0 Å². The molecule has 2 N–H and O–H groups in total. The highest BCUT2D eigenvalue weighted by Gasteiger charge is 2.18. The van der Waals surface area contributed by atoms with Crippen LogP contribution in [0.1, 0.15) is 37.5 Å². The number of carbonyl (C=O) groups is 2. The number of nitrogens with one attached hydrogen (secondary N) is 1. The summed E-state index contributed by atoms with van der Waals surface area (Å²) >= 11 is 0. The standard InChI is InChI=1S/C15H17N3O3/c1-8-5-9(2)13(11(6-8)15(20)21)17-14(19)12-7-16-18(4)10(12)3/h5-7H,1-4H3,(H,17,19)(H,20,21). The Morgan fingerprint density at radius 2 is 1.86 bits per heavy atom. The topological polar surface area (TPSA) is 84.2 Å². The maximum Gasteiger partial charge on any atom is 0.337 e. The van der Waals surface area contributed by atoms with Gasteiger partial charge in [-0.25, -0.2) is 4.79 Å². The number of hydrogen-bond donors (Lipinski definition) is 2. The largest absolute Gasteiger partial charge is 0.478 e. The smallest absolute Gasteiger partial charge is 0.337 e. The van der Waals surface area contributed by atoms with Gasteiger partial charge in [0.15, 0.2) is 0 Å². The van der Waals surface area contributed by atoms with Crippen molar-refractivity contribution in [1.82, 2.24) is 9.78 Å². The third-order valence-corrected chi connectivity index (χ3v) is 3.43. The molecule has 0 atom stereocenters. The molecule has 0 fully saturated rings. The number of aromatic nitrogens is 2. The Labute approximate surface area is 122 Å². The molecule has 0 saturated heterocycles. The quantitative estimate of drug-likeness (QED) is 0.907. The van der Waals surface area contributed by atoms with Gasteiger partial charge in [0.1, 0.15) is 0 Å². The predicted octanol–water partition coefficient (Wildman–Crippen LogP) is 2.30. The zero-order valence-corrected chi connectivity index (χ0v) is 12.4. The van der Waals surface area contributed by atoms with Gasteiger partial charge in [-0.2, -0.15) is 5.10 Å². The van der Waals surface area contributed by atoms with Crippen molar-refractivity contribution >= 4 is 17.6 Å². The molecule has 6 heteroatoms. The second-order valence-electron chi connectivity index (χ2n) is 5.03. The number of rotatable bonds is 3. The first-order chi connectivity index (χ1) is 9.81. The molecule has 0 spiro atoms. The summed E-state index contributed by atoms with van der Waals surface area (Å²) in [7, 11) is 1.74. The van der Waals surface area contributed by atoms with Crippen molar-refractivity contribution in [2.45, 2.75) is 20.8 Å². The molecule has 0 bridgehead atoms. The van der Waals surface area contributed by atoms with E-state index in [0.29, 0.717) is 22.5 Å². The van der Waals surface area contributed by atoms with E-state index in [9.17, 15) is 14.7 Å². The van der Waals surface area contributed by atoms with Crippen molar-refractivity contribution in [3.8, 4) is 0 Å². The summed E-state index contributed by atoms with van der Waals surface area (Å²) in [5, 5.41) is 16.0. The summed E-state index contributed by atoms with van der Waals surface area (Å²) < 4.78 is 1.59. The van der Waals surface area contributed by atoms with Crippen molar-refractivity contribution < 1.29 is 14.7 Å². The number of aryl methyl sites for hydroxylation is 3. The summed E-state index contributed by atoms with van der Waals surface area (Å²) in [5.74, 6) is -1.44. The number of aromatic carboxylic acids is 1. The second kappa shape index (κ2) is 5.40. The Balaban J connectivity index is 2.42. The average molecular weight is 287 g/mol. The van der Waals surface area contributed by atoms with Crippen molar-refractivity contribution in [3.05, 3.63) is 46.3 Å². The number of carbonyl (C=O) groups excluding carboxylic acids is 1. The highest BCUT2D eigenvalue weighted by atomic mass is 16.4. The van der Waals surface area contributed by atoms with Crippen LogP contribution in [-0.4, -0.2) is 26.8 Å². The van der Waals surface area contributed by atoms with E-state index >= 15 is 0 Å². The molecule has 0 aliphatic carbocycles. The van der Waals surface area contributed by atoms with Crippen LogP contribution in [0.4, 0.5) is 5.69 Å². The van der Waals surface area contributed by atoms with Gasteiger partial charge in [-0.15, -0.1) is 0 Å². The summed E-state index contributed by atoms with van der Waals surface area (Å²) in [6.07, 6.45) is 1.47. The van der Waals surface area contributed by atoms with E-state index in [0.717, 1.165) is 5.56 Å². The molecular formula is C15H17N3O3. The number of carboxylic acid groups (broad SMARTS) is 1. The number of anilines is 1. The van der Waals surface area contributed by atoms with Crippen LogP contribution < -0.4 is 5.32 Å². The minimum atomic E-state index is -1.07. The third kappa shape index (κ3) is 2.79. The van der Waals surface area contributed by atoms with Gasteiger partial charge >= 0.3 is 5.97 Å². The molecule has 2 aromatic rings. The Hall–Kier alpha value is -2.63. The maximum absolute atomic E-state index is 12.3. The minimum Gasteiger partial charge on any atom is -0.478 e. The molecule has 0 aliphatic rings. The fraction of sp³-hybridized carbons (Fsp3) is 0.267. The minimum absolute atomic E-state index is 0.0855. The fourth-order valence-corrected chi connectivity index (χ4v) is 2.20. The SMILES string of the molecule is Cc1cc(C)c(NC(=O)c2cnn(C)c2C)c(C(=O)O)c1. The Bertz CT molecular complexity index is 732. The van der Waals surface area contributed by atoms with Gasteiger partial charge in [-0.3, -0.25) is 9.48 Å². The van der Waals surface area contributed by atoms with E-state index in [2.05, 4.69) is 10.4 Å². The monoisotopic (exact) mass is 287 g/mol. The highest BCUT2D eigenvalue weighted by Crippen LogP contribution is 2.24. The highest BCUT2D eigenvalue weighted by molar-refractivity contribution is 6.08. The van der Waals surface area contributed by atoms with E-state index < -0.39 is 5.97 Å². The maximum atomic E-state index is 12.3. The number of hydrogen-bond acceptors (Lipinski definition) is 3. The zero-order valence-electron chi connectivity index (χ0n) is 12.4. The Kier molecular flexibility index (Phi) is 3.80. The van der Waals surface area contributed by atoms with E-state index in [1.165, 1.54) is 6.20 Å². The number of nitrogens with zero attached hydrogens (tertiary/aromatic N) is 2. The van der Waals surface area contributed by atoms with E-state index in [-0.39, 0.29) is 11.5 Å². The van der Waals surface area contributed by atoms with Crippen LogP contribution >= 0.6 is 0 Å². The van der Waals surface area contributed by atoms with Crippen molar-refractivity contribution in [2.24, 2.45) is 7.05 Å². The van der Waals surface area contributed by atoms with Crippen LogP contribution in [0.2, 0.25) is 0 Å². The lowest BCUT2D eigenvalue weighted by Gasteiger charge is -2.12. The molecule has 0 aliphatic heterocycles. The van der Waals surface area contributed by atoms with Gasteiger partial charge < -0.3 is 10.4 Å². The predicted molar refractivity (Wildman–Crippen MR) is 78.8 cm³/mol. The van der Waals surface area contributed by atoms with Gasteiger partial charge in [0.2, 0.25) is 0 Å². The summed E-state index contributed by atoms with van der Waals surface area (Å²) in [4.78, 5) is 23.7. The van der Waals surface area contributed by atoms with Crippen molar-refractivity contribution in [1.29, 1.82) is 0 Å². The Morgan fingerprint density at radius 3 is 2.38 bits per heavy atom. The van der Waals surface area contributed by atoms with Gasteiger partial charge in [0.05, 0.1) is 23.0 Å². The molecule has 0 radical (unpaired) electrons. The molecule has 6 nitrogen and oxygen atoms in total. The molecule has 1 amide bonds.